The van der Waals surface area contributed by atoms with Crippen LogP contribution in [0, 0.1) is 0 Å². The van der Waals surface area contributed by atoms with Crippen LogP contribution < -0.4 is 0 Å². The van der Waals surface area contributed by atoms with Gasteiger partial charge in [0.05, 0.1) is 30.3 Å². The minimum absolute atomic E-state index is 0.00499. The molecule has 0 aliphatic heterocycles. The Kier molecular flexibility index (Phi) is 7.15. The molecule has 12 aromatic rings. The summed E-state index contributed by atoms with van der Waals surface area (Å²) in [5, 5.41) is 2.32. The molecule has 2 aromatic heterocycles. The molecule has 0 bridgehead atoms. The van der Waals surface area contributed by atoms with E-state index in [0.29, 0.717) is 27.2 Å². The molecule has 0 N–H and O–H groups in total. The summed E-state index contributed by atoms with van der Waals surface area (Å²) < 4.78 is 63.0. The third kappa shape index (κ3) is 6.12. The van der Waals surface area contributed by atoms with Crippen molar-refractivity contribution < 1.29 is 8.22 Å². The van der Waals surface area contributed by atoms with Crippen LogP contribution in [0.5, 0.6) is 0 Å². The highest BCUT2D eigenvalue weighted by molar-refractivity contribution is 6.13. The van der Waals surface area contributed by atoms with Gasteiger partial charge in [0.2, 0.25) is 0 Å². The number of nitrogens with zero attached hydrogens (tertiary/aromatic N) is 2. The monoisotopic (exact) mass is 794 g/mol. The molecule has 2 nitrogen and oxygen atoms in total. The normalized spacial score (nSPS) is 12.9. The first kappa shape index (κ1) is 29.9. The Labute approximate surface area is 369 Å². The van der Waals surface area contributed by atoms with Crippen LogP contribution >= 0.6 is 0 Å². The van der Waals surface area contributed by atoms with Crippen molar-refractivity contribution in [2.75, 3.05) is 0 Å². The zero-order valence-corrected chi connectivity index (χ0v) is 33.5. The van der Waals surface area contributed by atoms with Crippen molar-refractivity contribution in [2.45, 2.75) is 0 Å². The second-order valence-electron chi connectivity index (χ2n) is 15.6. The molecule has 0 saturated carbocycles. The highest BCUT2D eigenvalue weighted by Gasteiger charge is 2.18. The quantitative estimate of drug-likeness (QED) is 0.152. The van der Waals surface area contributed by atoms with Gasteiger partial charge in [0, 0.05) is 32.9 Å². The molecule has 2 heterocycles. The molecule has 0 amide bonds. The van der Waals surface area contributed by atoms with Crippen LogP contribution in [0.2, 0.25) is 0 Å². The summed E-state index contributed by atoms with van der Waals surface area (Å²) in [6.07, 6.45) is 0. The average Bonchev–Trinajstić information content (AvgIpc) is 3.93. The summed E-state index contributed by atoms with van der Waals surface area (Å²) in [4.78, 5) is 0. The average molecular weight is 795 g/mol. The van der Waals surface area contributed by atoms with E-state index in [1.54, 1.807) is 0 Å². The molecular formula is C60H40N2. The SMILES string of the molecule is [2H]c1c(-c2c([2H])c([2H])c3c(c2[2H])c2cc(-c4ccc(-c5ccccc5)cc4)ccc2n3-c2ccc(-c3ccccc3)cc2)c([2H])c2c3ccccc3n(-c3cccc(-c4ccccc4)c3)c2c1[2H]. The fraction of sp³-hybridized carbons (Fsp3) is 0. The van der Waals surface area contributed by atoms with E-state index < -0.39 is 0 Å². The Morgan fingerprint density at radius 1 is 0.242 bits per heavy atom. The Morgan fingerprint density at radius 3 is 1.27 bits per heavy atom. The number of fused-ring (bicyclic) bond motifs is 6. The molecule has 0 fully saturated rings. The predicted molar refractivity (Wildman–Crippen MR) is 262 cm³/mol. The standard InChI is InChI=1S/C60H40N2/c1-4-13-41(14-5-1)44-23-25-46(26-24-44)48-29-34-59-55(38-48)56-40-50(31-36-60(56)61(59)51-32-27-45(28-33-51)42-15-6-2-7-16-42)49-30-35-58-54(39-49)53-21-10-11-22-57(53)62(58)52-20-12-19-47(37-52)43-17-8-3-9-18-43/h1-40H/i30D,31D,35D,36D,39D,40D. The molecule has 0 radical (unpaired) electrons. The van der Waals surface area contributed by atoms with Gasteiger partial charge in [-0.15, -0.1) is 0 Å². The third-order valence-corrected chi connectivity index (χ3v) is 12.0. The Hall–Kier alpha value is -8.20. The largest absolute Gasteiger partial charge is 0.309 e. The fourth-order valence-electron chi connectivity index (χ4n) is 8.92. The first-order chi connectivity index (χ1) is 33.3. The molecule has 0 spiro atoms. The number of hydrogen-bond donors (Lipinski definition) is 0. The van der Waals surface area contributed by atoms with E-state index in [1.807, 2.05) is 149 Å². The van der Waals surface area contributed by atoms with Crippen molar-refractivity contribution in [3.63, 3.8) is 0 Å². The van der Waals surface area contributed by atoms with Crippen molar-refractivity contribution in [1.82, 2.24) is 9.13 Å². The van der Waals surface area contributed by atoms with Crippen LogP contribution in [0.4, 0.5) is 0 Å². The Bertz CT molecular complexity index is 3940. The first-order valence-electron chi connectivity index (χ1n) is 23.9. The van der Waals surface area contributed by atoms with E-state index in [2.05, 4.69) is 66.7 Å². The van der Waals surface area contributed by atoms with Crippen LogP contribution in [0.1, 0.15) is 8.22 Å². The van der Waals surface area contributed by atoms with E-state index in [0.717, 1.165) is 72.3 Å². The maximum atomic E-state index is 10.1. The van der Waals surface area contributed by atoms with Gasteiger partial charge in [0.1, 0.15) is 0 Å². The molecule has 0 atom stereocenters. The van der Waals surface area contributed by atoms with E-state index in [4.69, 9.17) is 0 Å². The highest BCUT2D eigenvalue weighted by atomic mass is 15.0. The van der Waals surface area contributed by atoms with Crippen molar-refractivity contribution in [2.24, 2.45) is 0 Å². The molecule has 62 heavy (non-hydrogen) atoms. The maximum Gasteiger partial charge on any atom is 0.0645 e. The van der Waals surface area contributed by atoms with Gasteiger partial charge in [0.15, 0.2) is 0 Å². The van der Waals surface area contributed by atoms with Crippen molar-refractivity contribution in [3.8, 4) is 67.0 Å². The van der Waals surface area contributed by atoms with Crippen LogP contribution in [0.15, 0.2) is 243 Å². The molecule has 290 valence electrons. The zero-order valence-electron chi connectivity index (χ0n) is 39.5. The Morgan fingerprint density at radius 2 is 0.661 bits per heavy atom. The van der Waals surface area contributed by atoms with E-state index in [-0.39, 0.29) is 47.4 Å². The molecular weight excluding hydrogens is 749 g/mol. The van der Waals surface area contributed by atoms with E-state index >= 15 is 0 Å². The van der Waals surface area contributed by atoms with Gasteiger partial charge in [-0.05, 0) is 122 Å². The molecule has 0 unspecified atom stereocenters. The van der Waals surface area contributed by atoms with Gasteiger partial charge in [-0.25, -0.2) is 0 Å². The van der Waals surface area contributed by atoms with Gasteiger partial charge < -0.3 is 9.13 Å². The number of benzene rings is 10. The summed E-state index contributed by atoms with van der Waals surface area (Å²) in [5.74, 6) is 0. The minimum Gasteiger partial charge on any atom is -0.309 e. The highest BCUT2D eigenvalue weighted by Crippen LogP contribution is 2.40. The zero-order chi connectivity index (χ0) is 46.2. The molecule has 0 aliphatic rings. The molecule has 0 saturated heterocycles. The van der Waals surface area contributed by atoms with Crippen LogP contribution in [0.25, 0.3) is 111 Å². The summed E-state index contributed by atoms with van der Waals surface area (Å²) in [6.45, 7) is 0. The van der Waals surface area contributed by atoms with Gasteiger partial charge in [-0.1, -0.05) is 176 Å². The lowest BCUT2D eigenvalue weighted by Crippen LogP contribution is -1.94. The predicted octanol–water partition coefficient (Wildman–Crippen LogP) is 16.2. The number of hydrogen-bond acceptors (Lipinski definition) is 0. The van der Waals surface area contributed by atoms with Gasteiger partial charge in [-0.3, -0.25) is 0 Å². The van der Waals surface area contributed by atoms with E-state index in [9.17, 15) is 8.22 Å². The minimum atomic E-state index is -0.274. The summed E-state index contributed by atoms with van der Waals surface area (Å²) >= 11 is 0. The summed E-state index contributed by atoms with van der Waals surface area (Å²) in [5.41, 5.74) is 12.1. The second-order valence-corrected chi connectivity index (χ2v) is 15.6. The lowest BCUT2D eigenvalue weighted by molar-refractivity contribution is 1.18. The number of aromatic nitrogens is 2. The lowest BCUT2D eigenvalue weighted by atomic mass is 9.98. The van der Waals surface area contributed by atoms with Gasteiger partial charge in [0.25, 0.3) is 0 Å². The number of para-hydroxylation sites is 1. The van der Waals surface area contributed by atoms with Crippen molar-refractivity contribution in [1.29, 1.82) is 0 Å². The third-order valence-electron chi connectivity index (χ3n) is 12.0. The Balaban J connectivity index is 1.10. The van der Waals surface area contributed by atoms with E-state index in [1.165, 1.54) is 0 Å². The van der Waals surface area contributed by atoms with Crippen LogP contribution in [-0.2, 0) is 0 Å². The van der Waals surface area contributed by atoms with Crippen LogP contribution in [0.3, 0.4) is 0 Å². The maximum absolute atomic E-state index is 10.1. The number of rotatable bonds is 7. The van der Waals surface area contributed by atoms with Crippen LogP contribution in [-0.4, -0.2) is 9.13 Å². The molecule has 2 heteroatoms. The topological polar surface area (TPSA) is 9.86 Å². The van der Waals surface area contributed by atoms with Crippen molar-refractivity contribution >= 4 is 43.6 Å². The lowest BCUT2D eigenvalue weighted by Gasteiger charge is -2.11. The fourth-order valence-corrected chi connectivity index (χ4v) is 8.92. The molecule has 10 aromatic carbocycles. The smallest absolute Gasteiger partial charge is 0.0645 e. The van der Waals surface area contributed by atoms with Crippen molar-refractivity contribution in [3.05, 3.63) is 243 Å². The first-order valence-corrected chi connectivity index (χ1v) is 20.9. The second kappa shape index (κ2) is 14.8. The molecule has 0 aliphatic carbocycles. The summed E-state index contributed by atoms with van der Waals surface area (Å²) in [7, 11) is 0. The molecule has 12 rings (SSSR count). The van der Waals surface area contributed by atoms with Gasteiger partial charge >= 0.3 is 0 Å². The van der Waals surface area contributed by atoms with Gasteiger partial charge in [-0.2, -0.15) is 0 Å². The summed E-state index contributed by atoms with van der Waals surface area (Å²) in [6, 6.07) is 67.9.